The smallest absolute Gasteiger partial charge is 0.336 e. The molecule has 2 rings (SSSR count). The Morgan fingerprint density at radius 2 is 1.03 bits per heavy atom. The molecule has 8 nitrogen and oxygen atoms in total. The molecule has 0 radical (unpaired) electrons. The van der Waals surface area contributed by atoms with Crippen LogP contribution in [-0.4, -0.2) is 44.3 Å². The molecule has 0 amide bonds. The van der Waals surface area contributed by atoms with Crippen LogP contribution >= 0.6 is 0 Å². The largest absolute Gasteiger partial charge is 0.478 e. The molecule has 182 valence electrons. The van der Waals surface area contributed by atoms with E-state index in [0.29, 0.717) is 12.8 Å². The van der Waals surface area contributed by atoms with E-state index in [1.165, 1.54) is 36.4 Å². The predicted octanol–water partition coefficient (Wildman–Crippen LogP) is 5.75. The third-order valence-electron chi connectivity index (χ3n) is 5.93. The summed E-state index contributed by atoms with van der Waals surface area (Å²) < 4.78 is 0. The van der Waals surface area contributed by atoms with Gasteiger partial charge in [-0.15, -0.1) is 0 Å². The van der Waals surface area contributed by atoms with Gasteiger partial charge in [-0.25, -0.2) is 19.2 Å². The van der Waals surface area contributed by atoms with Gasteiger partial charge in [0.1, 0.15) is 0 Å². The van der Waals surface area contributed by atoms with Crippen LogP contribution in [0.2, 0.25) is 0 Å². The average Bonchev–Trinajstić information content (AvgIpc) is 2.79. The third-order valence-corrected chi connectivity index (χ3v) is 5.93. The molecule has 2 aromatic rings. The predicted molar refractivity (Wildman–Crippen MR) is 125 cm³/mol. The molecule has 4 N–H and O–H groups in total. The highest BCUT2D eigenvalue weighted by atomic mass is 16.4. The summed E-state index contributed by atoms with van der Waals surface area (Å²) in [6.07, 6.45) is 7.24. The quantitative estimate of drug-likeness (QED) is 0.255. The van der Waals surface area contributed by atoms with Gasteiger partial charge in [0, 0.05) is 5.92 Å². The Morgan fingerprint density at radius 1 is 0.618 bits per heavy atom. The second-order valence-electron chi connectivity index (χ2n) is 8.22. The maximum atomic E-state index is 12.1. The van der Waals surface area contributed by atoms with Gasteiger partial charge in [0.2, 0.25) is 0 Å². The first-order valence-electron chi connectivity index (χ1n) is 11.4. The number of unbranched alkanes of at least 4 members (excludes halogenated alkanes) is 6. The highest BCUT2D eigenvalue weighted by Gasteiger charge is 2.30. The van der Waals surface area contributed by atoms with Crippen molar-refractivity contribution in [3.8, 4) is 0 Å². The van der Waals surface area contributed by atoms with Gasteiger partial charge in [0.25, 0.3) is 0 Å². The number of carboxylic acid groups (broad SMARTS) is 4. The lowest BCUT2D eigenvalue weighted by Crippen LogP contribution is -2.18. The molecule has 0 aliphatic carbocycles. The minimum absolute atomic E-state index is 0.156. The van der Waals surface area contributed by atoms with Crippen LogP contribution in [0.25, 0.3) is 0 Å². The Bertz CT molecular complexity index is 981. The molecule has 0 saturated carbocycles. The summed E-state index contributed by atoms with van der Waals surface area (Å²) in [7, 11) is 0. The van der Waals surface area contributed by atoms with Gasteiger partial charge in [0.15, 0.2) is 0 Å². The van der Waals surface area contributed by atoms with Crippen LogP contribution in [-0.2, 0) is 0 Å². The van der Waals surface area contributed by atoms with E-state index in [2.05, 4.69) is 6.92 Å². The molecule has 0 aliphatic rings. The van der Waals surface area contributed by atoms with E-state index in [1.54, 1.807) is 0 Å². The van der Waals surface area contributed by atoms with Crippen molar-refractivity contribution in [3.05, 3.63) is 69.8 Å². The zero-order valence-electron chi connectivity index (χ0n) is 19.1. The molecule has 0 heterocycles. The van der Waals surface area contributed by atoms with E-state index in [9.17, 15) is 39.6 Å². The Balaban J connectivity index is 2.58. The molecule has 0 bridgehead atoms. The molecule has 0 spiro atoms. The zero-order valence-corrected chi connectivity index (χ0v) is 19.1. The van der Waals surface area contributed by atoms with Crippen molar-refractivity contribution in [2.75, 3.05) is 0 Å². The summed E-state index contributed by atoms with van der Waals surface area (Å²) in [4.78, 5) is 47.6. The summed E-state index contributed by atoms with van der Waals surface area (Å²) in [5, 5.41) is 38.7. The minimum Gasteiger partial charge on any atom is -0.478 e. The molecule has 0 unspecified atom stereocenters. The van der Waals surface area contributed by atoms with Crippen molar-refractivity contribution in [1.29, 1.82) is 0 Å². The third kappa shape index (κ3) is 6.43. The normalized spacial score (nSPS) is 10.9. The Kier molecular flexibility index (Phi) is 9.79. The van der Waals surface area contributed by atoms with Crippen LogP contribution in [0.3, 0.4) is 0 Å². The van der Waals surface area contributed by atoms with Crippen LogP contribution in [0.5, 0.6) is 0 Å². The van der Waals surface area contributed by atoms with Crippen molar-refractivity contribution < 1.29 is 39.6 Å². The average molecular weight is 471 g/mol. The Labute approximate surface area is 197 Å². The van der Waals surface area contributed by atoms with E-state index in [1.807, 2.05) is 0 Å². The highest BCUT2D eigenvalue weighted by Crippen LogP contribution is 2.37. The molecule has 0 aliphatic heterocycles. The topological polar surface area (TPSA) is 149 Å². The van der Waals surface area contributed by atoms with E-state index in [0.717, 1.165) is 38.5 Å². The molecular formula is C26H30O8. The summed E-state index contributed by atoms with van der Waals surface area (Å²) in [6.45, 7) is 2.13. The van der Waals surface area contributed by atoms with Crippen molar-refractivity contribution in [1.82, 2.24) is 0 Å². The van der Waals surface area contributed by atoms with Gasteiger partial charge in [-0.05, 0) is 29.7 Å². The first-order chi connectivity index (χ1) is 16.2. The van der Waals surface area contributed by atoms with Crippen molar-refractivity contribution in [3.63, 3.8) is 0 Å². The summed E-state index contributed by atoms with van der Waals surface area (Å²) in [5.41, 5.74) is -1.33. The van der Waals surface area contributed by atoms with Gasteiger partial charge in [0.05, 0.1) is 22.3 Å². The number of carboxylic acids is 4. The van der Waals surface area contributed by atoms with Crippen LogP contribution in [0.15, 0.2) is 36.4 Å². The number of rotatable bonds is 14. The van der Waals surface area contributed by atoms with E-state index in [4.69, 9.17) is 0 Å². The maximum absolute atomic E-state index is 12.1. The van der Waals surface area contributed by atoms with Gasteiger partial charge in [-0.2, -0.15) is 0 Å². The monoisotopic (exact) mass is 470 g/mol. The number of carbonyl (C=O) groups is 4. The highest BCUT2D eigenvalue weighted by molar-refractivity contribution is 6.04. The lowest BCUT2D eigenvalue weighted by molar-refractivity contribution is 0.0648. The first kappa shape index (κ1) is 26.6. The number of aromatic carboxylic acids is 4. The Morgan fingerprint density at radius 3 is 1.41 bits per heavy atom. The van der Waals surface area contributed by atoms with Crippen LogP contribution in [0.4, 0.5) is 0 Å². The van der Waals surface area contributed by atoms with Crippen molar-refractivity contribution >= 4 is 23.9 Å². The molecule has 2 aromatic carbocycles. The van der Waals surface area contributed by atoms with Crippen molar-refractivity contribution in [2.45, 2.75) is 64.2 Å². The molecule has 0 aromatic heterocycles. The van der Waals surface area contributed by atoms with Crippen molar-refractivity contribution in [2.24, 2.45) is 0 Å². The van der Waals surface area contributed by atoms with E-state index in [-0.39, 0.29) is 11.1 Å². The molecule has 8 heteroatoms. The zero-order chi connectivity index (χ0) is 25.3. The van der Waals surface area contributed by atoms with E-state index >= 15 is 0 Å². The molecular weight excluding hydrogens is 440 g/mol. The molecule has 0 fully saturated rings. The van der Waals surface area contributed by atoms with Crippen LogP contribution < -0.4 is 0 Å². The summed E-state index contributed by atoms with van der Waals surface area (Å²) in [6, 6.07) is 8.16. The fraction of sp³-hybridized carbons (Fsp3) is 0.385. The second-order valence-corrected chi connectivity index (χ2v) is 8.22. The van der Waals surface area contributed by atoms with Gasteiger partial charge in [-0.1, -0.05) is 76.1 Å². The van der Waals surface area contributed by atoms with Gasteiger partial charge in [-0.3, -0.25) is 0 Å². The Hall–Kier alpha value is -3.68. The lowest BCUT2D eigenvalue weighted by atomic mass is 9.80. The minimum atomic E-state index is -1.44. The fourth-order valence-corrected chi connectivity index (χ4v) is 4.34. The summed E-state index contributed by atoms with van der Waals surface area (Å²) >= 11 is 0. The van der Waals surface area contributed by atoms with Gasteiger partial charge < -0.3 is 20.4 Å². The second kappa shape index (κ2) is 12.5. The van der Waals surface area contributed by atoms with Crippen LogP contribution in [0.1, 0.15) is 117 Å². The molecule has 0 saturated heterocycles. The number of benzene rings is 2. The van der Waals surface area contributed by atoms with E-state index < -0.39 is 52.0 Å². The fourth-order valence-electron chi connectivity index (χ4n) is 4.34. The van der Waals surface area contributed by atoms with Gasteiger partial charge >= 0.3 is 23.9 Å². The number of hydrogen-bond acceptors (Lipinski definition) is 4. The molecule has 34 heavy (non-hydrogen) atoms. The van der Waals surface area contributed by atoms with Crippen LogP contribution in [0, 0.1) is 0 Å². The standard InChI is InChI=1S/C26H30O8/c1-2-3-4-5-6-7-8-11-16(17-12-9-14-19(23(27)28)21(17)25(31)32)18-13-10-15-20(24(29)30)22(18)26(33)34/h9-10,12-16H,2-8,11H2,1H3,(H,27,28)(H,29,30)(H,31,32)(H,33,34). The first-order valence-corrected chi connectivity index (χ1v) is 11.4. The molecule has 0 atom stereocenters. The maximum Gasteiger partial charge on any atom is 0.336 e. The lowest BCUT2D eigenvalue weighted by Gasteiger charge is -2.23. The SMILES string of the molecule is CCCCCCCCCC(c1cccc(C(=O)O)c1C(=O)O)c1cccc(C(=O)O)c1C(=O)O. The number of hydrogen-bond donors (Lipinski definition) is 4. The summed E-state index contributed by atoms with van der Waals surface area (Å²) in [5.74, 6) is -6.50.